The summed E-state index contributed by atoms with van der Waals surface area (Å²) in [6.45, 7) is 3.49. The molecule has 0 saturated heterocycles. The average Bonchev–Trinajstić information content (AvgIpc) is 3.35. The highest BCUT2D eigenvalue weighted by Crippen LogP contribution is 2.36. The first kappa shape index (κ1) is 19.0. The second kappa shape index (κ2) is 6.62. The van der Waals surface area contributed by atoms with Gasteiger partial charge < -0.3 is 10.6 Å². The van der Waals surface area contributed by atoms with E-state index in [1.165, 1.54) is 0 Å². The van der Waals surface area contributed by atoms with Crippen LogP contribution in [0.5, 0.6) is 0 Å². The largest absolute Gasteiger partial charge is 0.421 e. The zero-order chi connectivity index (χ0) is 20.8. The summed E-state index contributed by atoms with van der Waals surface area (Å²) < 4.78 is 41.4. The van der Waals surface area contributed by atoms with Gasteiger partial charge in [0.2, 0.25) is 5.95 Å². The molecule has 150 valence electrons. The number of aromatic nitrogens is 4. The third-order valence-electron chi connectivity index (χ3n) is 4.68. The van der Waals surface area contributed by atoms with Crippen LogP contribution in [0.3, 0.4) is 0 Å². The Kier molecular flexibility index (Phi) is 4.33. The molecule has 1 fully saturated rings. The Balaban J connectivity index is 1.71. The van der Waals surface area contributed by atoms with Crippen molar-refractivity contribution in [2.24, 2.45) is 0 Å². The molecule has 2 N–H and O–H groups in total. The minimum Gasteiger partial charge on any atom is -0.367 e. The number of anilines is 3. The number of benzene rings is 1. The summed E-state index contributed by atoms with van der Waals surface area (Å²) in [5, 5.41) is 20.2. The van der Waals surface area contributed by atoms with Crippen LogP contribution in [0, 0.1) is 11.3 Å². The SMILES string of the molecule is CC(C)(C#N)n1ncc2c(Nc3ncc(C(F)(F)F)c(NC4CC4)n3)cccc21. The molecule has 4 rings (SSSR count). The minimum absolute atomic E-state index is 0.00808. The van der Waals surface area contributed by atoms with Gasteiger partial charge in [-0.1, -0.05) is 6.07 Å². The fraction of sp³-hybridized carbons (Fsp3) is 0.368. The Morgan fingerprint density at radius 1 is 1.21 bits per heavy atom. The van der Waals surface area contributed by atoms with Crippen molar-refractivity contribution >= 4 is 28.4 Å². The molecular formula is C19H18F3N7. The lowest BCUT2D eigenvalue weighted by molar-refractivity contribution is -0.137. The van der Waals surface area contributed by atoms with E-state index < -0.39 is 17.3 Å². The van der Waals surface area contributed by atoms with Crippen LogP contribution in [0.25, 0.3) is 10.9 Å². The number of halogens is 3. The third kappa shape index (κ3) is 3.68. The van der Waals surface area contributed by atoms with E-state index in [-0.39, 0.29) is 17.8 Å². The standard InChI is InChI=1S/C19H18F3N7/c1-18(2,10-23)29-15-5-3-4-14(12(15)8-25-29)27-17-24-9-13(19(20,21)22)16(28-17)26-11-6-7-11/h3-5,8-9,11H,6-7H2,1-2H3,(H2,24,26,27,28). The van der Waals surface area contributed by atoms with Crippen LogP contribution in [0.1, 0.15) is 32.3 Å². The fourth-order valence-electron chi connectivity index (χ4n) is 2.95. The van der Waals surface area contributed by atoms with Gasteiger partial charge in [-0.15, -0.1) is 0 Å². The Hall–Kier alpha value is -3.35. The number of alkyl halides is 3. The molecule has 0 amide bonds. The third-order valence-corrected chi connectivity index (χ3v) is 4.68. The zero-order valence-corrected chi connectivity index (χ0v) is 15.7. The summed E-state index contributed by atoms with van der Waals surface area (Å²) in [7, 11) is 0. The second-order valence-corrected chi connectivity index (χ2v) is 7.46. The van der Waals surface area contributed by atoms with Crippen LogP contribution in [-0.2, 0) is 11.7 Å². The van der Waals surface area contributed by atoms with E-state index in [4.69, 9.17) is 0 Å². The number of nitrogens with one attached hydrogen (secondary N) is 2. The van der Waals surface area contributed by atoms with Gasteiger partial charge in [-0.2, -0.15) is 28.5 Å². The van der Waals surface area contributed by atoms with Crippen molar-refractivity contribution in [3.05, 3.63) is 36.2 Å². The molecule has 29 heavy (non-hydrogen) atoms. The van der Waals surface area contributed by atoms with Crippen molar-refractivity contribution in [3.8, 4) is 6.07 Å². The van der Waals surface area contributed by atoms with E-state index in [1.54, 1.807) is 36.9 Å². The predicted molar refractivity (Wildman–Crippen MR) is 102 cm³/mol. The highest BCUT2D eigenvalue weighted by Gasteiger charge is 2.37. The number of hydrogen-bond acceptors (Lipinski definition) is 6. The maximum atomic E-state index is 13.3. The Morgan fingerprint density at radius 3 is 2.62 bits per heavy atom. The highest BCUT2D eigenvalue weighted by molar-refractivity contribution is 5.93. The van der Waals surface area contributed by atoms with Gasteiger partial charge in [0, 0.05) is 17.6 Å². The first-order chi connectivity index (χ1) is 13.7. The van der Waals surface area contributed by atoms with E-state index in [0.29, 0.717) is 16.6 Å². The Morgan fingerprint density at radius 2 is 1.97 bits per heavy atom. The minimum atomic E-state index is -4.54. The van der Waals surface area contributed by atoms with Gasteiger partial charge in [0.1, 0.15) is 16.9 Å². The molecule has 1 saturated carbocycles. The van der Waals surface area contributed by atoms with Crippen LogP contribution in [0.2, 0.25) is 0 Å². The molecular weight excluding hydrogens is 383 g/mol. The lowest BCUT2D eigenvalue weighted by Crippen LogP contribution is -2.24. The highest BCUT2D eigenvalue weighted by atomic mass is 19.4. The van der Waals surface area contributed by atoms with Crippen molar-refractivity contribution in [1.82, 2.24) is 19.7 Å². The summed E-state index contributed by atoms with van der Waals surface area (Å²) in [4.78, 5) is 7.91. The van der Waals surface area contributed by atoms with Gasteiger partial charge >= 0.3 is 6.18 Å². The summed E-state index contributed by atoms with van der Waals surface area (Å²) in [6, 6.07) is 7.55. The number of nitriles is 1. The maximum Gasteiger partial charge on any atom is 0.421 e. The number of fused-ring (bicyclic) bond motifs is 1. The molecule has 2 aromatic heterocycles. The van der Waals surface area contributed by atoms with Gasteiger partial charge in [0.05, 0.1) is 23.5 Å². The summed E-state index contributed by atoms with van der Waals surface area (Å²) >= 11 is 0. The van der Waals surface area contributed by atoms with Gasteiger partial charge in [-0.25, -0.2) is 9.67 Å². The molecule has 0 bridgehead atoms. The molecule has 0 aliphatic heterocycles. The molecule has 0 radical (unpaired) electrons. The number of rotatable bonds is 5. The smallest absolute Gasteiger partial charge is 0.367 e. The lowest BCUT2D eigenvalue weighted by atomic mass is 10.1. The summed E-state index contributed by atoms with van der Waals surface area (Å²) in [6.07, 6.45) is -0.527. The van der Waals surface area contributed by atoms with E-state index in [2.05, 4.69) is 31.8 Å². The average molecular weight is 401 g/mol. The Labute approximate surface area is 164 Å². The van der Waals surface area contributed by atoms with Gasteiger partial charge in [-0.3, -0.25) is 0 Å². The topological polar surface area (TPSA) is 91.5 Å². The monoisotopic (exact) mass is 401 g/mol. The summed E-state index contributed by atoms with van der Waals surface area (Å²) in [5.41, 5.74) is -0.451. The van der Waals surface area contributed by atoms with E-state index in [0.717, 1.165) is 19.0 Å². The molecule has 10 heteroatoms. The maximum absolute atomic E-state index is 13.3. The van der Waals surface area contributed by atoms with E-state index in [1.807, 2.05) is 6.07 Å². The number of hydrogen-bond donors (Lipinski definition) is 2. The molecule has 2 heterocycles. The second-order valence-electron chi connectivity index (χ2n) is 7.46. The van der Waals surface area contributed by atoms with Gasteiger partial charge in [0.25, 0.3) is 0 Å². The quantitative estimate of drug-likeness (QED) is 0.658. The van der Waals surface area contributed by atoms with Gasteiger partial charge in [-0.05, 0) is 38.8 Å². The van der Waals surface area contributed by atoms with Crippen LogP contribution >= 0.6 is 0 Å². The van der Waals surface area contributed by atoms with Crippen molar-refractivity contribution in [2.75, 3.05) is 10.6 Å². The van der Waals surface area contributed by atoms with Crippen molar-refractivity contribution in [2.45, 2.75) is 44.4 Å². The molecule has 1 aliphatic rings. The number of nitrogens with zero attached hydrogens (tertiary/aromatic N) is 5. The van der Waals surface area contributed by atoms with Crippen LogP contribution in [0.15, 0.2) is 30.6 Å². The first-order valence-corrected chi connectivity index (χ1v) is 9.05. The molecule has 7 nitrogen and oxygen atoms in total. The normalized spacial score (nSPS) is 14.6. The first-order valence-electron chi connectivity index (χ1n) is 9.05. The van der Waals surface area contributed by atoms with Crippen LogP contribution < -0.4 is 10.6 Å². The van der Waals surface area contributed by atoms with Crippen molar-refractivity contribution in [1.29, 1.82) is 5.26 Å². The Bertz CT molecular complexity index is 1110. The van der Waals surface area contributed by atoms with E-state index >= 15 is 0 Å². The van der Waals surface area contributed by atoms with Crippen molar-refractivity contribution < 1.29 is 13.2 Å². The molecule has 1 aromatic carbocycles. The lowest BCUT2D eigenvalue weighted by Gasteiger charge is -2.17. The molecule has 0 unspecified atom stereocenters. The zero-order valence-electron chi connectivity index (χ0n) is 15.7. The van der Waals surface area contributed by atoms with Crippen molar-refractivity contribution in [3.63, 3.8) is 0 Å². The van der Waals surface area contributed by atoms with Crippen LogP contribution in [0.4, 0.5) is 30.6 Å². The molecule has 1 aliphatic carbocycles. The van der Waals surface area contributed by atoms with Crippen LogP contribution in [-0.4, -0.2) is 25.8 Å². The molecule has 3 aromatic rings. The van der Waals surface area contributed by atoms with Gasteiger partial charge in [0.15, 0.2) is 0 Å². The van der Waals surface area contributed by atoms with E-state index in [9.17, 15) is 18.4 Å². The summed E-state index contributed by atoms with van der Waals surface area (Å²) in [5.74, 6) is -0.188. The fourth-order valence-corrected chi connectivity index (χ4v) is 2.95. The molecule has 0 spiro atoms. The molecule has 0 atom stereocenters. The predicted octanol–water partition coefficient (Wildman–Crippen LogP) is 4.42.